The lowest BCUT2D eigenvalue weighted by Gasteiger charge is -2.10. The van der Waals surface area contributed by atoms with Gasteiger partial charge in [0.15, 0.2) is 16.1 Å². The highest BCUT2D eigenvalue weighted by atomic mass is 35.5. The number of aryl methyl sites for hydroxylation is 1. The summed E-state index contributed by atoms with van der Waals surface area (Å²) >= 11 is 14.5. The number of nitrogens with one attached hydrogen (secondary N) is 2. The van der Waals surface area contributed by atoms with Crippen LogP contribution >= 0.6 is 46.3 Å². The van der Waals surface area contributed by atoms with E-state index in [-0.39, 0.29) is 18.4 Å². The second-order valence-corrected chi connectivity index (χ2v) is 9.29. The summed E-state index contributed by atoms with van der Waals surface area (Å²) < 4.78 is 1.73. The van der Waals surface area contributed by atoms with E-state index in [4.69, 9.17) is 23.2 Å². The van der Waals surface area contributed by atoms with Crippen molar-refractivity contribution in [3.8, 4) is 0 Å². The van der Waals surface area contributed by atoms with Crippen molar-refractivity contribution >= 4 is 63.2 Å². The first-order valence-corrected chi connectivity index (χ1v) is 11.3. The SMILES string of the molecule is Cc1csc(NC(=O)[C@@H](C)Sc2nnc(CNC(=O)c3ccc(Cl)c(Cl)c3)n2C)n1. The molecule has 0 bridgehead atoms. The fourth-order valence-electron chi connectivity index (χ4n) is 2.33. The van der Waals surface area contributed by atoms with Crippen LogP contribution in [0.15, 0.2) is 28.7 Å². The first-order valence-electron chi connectivity index (χ1n) is 8.75. The summed E-state index contributed by atoms with van der Waals surface area (Å²) in [5.74, 6) is 0.0677. The van der Waals surface area contributed by atoms with Gasteiger partial charge in [0.2, 0.25) is 5.91 Å². The van der Waals surface area contributed by atoms with Gasteiger partial charge < -0.3 is 15.2 Å². The van der Waals surface area contributed by atoms with Crippen molar-refractivity contribution in [3.05, 3.63) is 50.7 Å². The molecule has 0 radical (unpaired) electrons. The summed E-state index contributed by atoms with van der Waals surface area (Å²) in [5, 5.41) is 17.1. The van der Waals surface area contributed by atoms with Crippen LogP contribution in [0.4, 0.5) is 5.13 Å². The van der Waals surface area contributed by atoms with E-state index < -0.39 is 5.25 Å². The lowest BCUT2D eigenvalue weighted by Crippen LogP contribution is -2.25. The van der Waals surface area contributed by atoms with Crippen LogP contribution in [0, 0.1) is 6.92 Å². The number of thioether (sulfide) groups is 1. The monoisotopic (exact) mass is 484 g/mol. The maximum absolute atomic E-state index is 12.4. The van der Waals surface area contributed by atoms with Crippen LogP contribution in [0.3, 0.4) is 0 Å². The molecule has 30 heavy (non-hydrogen) atoms. The number of benzene rings is 1. The van der Waals surface area contributed by atoms with Crippen LogP contribution in [0.5, 0.6) is 0 Å². The molecule has 0 saturated heterocycles. The smallest absolute Gasteiger partial charge is 0.251 e. The Balaban J connectivity index is 1.57. The molecule has 0 saturated carbocycles. The Bertz CT molecular complexity index is 1080. The summed E-state index contributed by atoms with van der Waals surface area (Å²) in [6.07, 6.45) is 0. The van der Waals surface area contributed by atoms with Crippen LogP contribution in [0.2, 0.25) is 10.0 Å². The van der Waals surface area contributed by atoms with Crippen LogP contribution in [-0.4, -0.2) is 36.8 Å². The number of hydrogen-bond acceptors (Lipinski definition) is 7. The van der Waals surface area contributed by atoms with Crippen molar-refractivity contribution in [1.82, 2.24) is 25.1 Å². The second-order valence-electron chi connectivity index (χ2n) is 6.31. The Morgan fingerprint density at radius 1 is 1.27 bits per heavy atom. The van der Waals surface area contributed by atoms with Crippen molar-refractivity contribution in [2.24, 2.45) is 7.05 Å². The van der Waals surface area contributed by atoms with Crippen molar-refractivity contribution in [3.63, 3.8) is 0 Å². The second kappa shape index (κ2) is 9.78. The van der Waals surface area contributed by atoms with Crippen LogP contribution in [0.25, 0.3) is 0 Å². The normalized spacial score (nSPS) is 11.9. The Hall–Kier alpha value is -2.14. The largest absolute Gasteiger partial charge is 0.345 e. The number of carbonyl (C=O) groups is 2. The summed E-state index contributed by atoms with van der Waals surface area (Å²) in [7, 11) is 1.78. The van der Waals surface area contributed by atoms with Gasteiger partial charge in [-0.25, -0.2) is 4.98 Å². The number of hydrogen-bond donors (Lipinski definition) is 2. The third kappa shape index (κ3) is 5.51. The van der Waals surface area contributed by atoms with Gasteiger partial charge in [0.1, 0.15) is 0 Å². The van der Waals surface area contributed by atoms with Gasteiger partial charge in [-0.1, -0.05) is 35.0 Å². The molecular weight excluding hydrogens is 467 g/mol. The van der Waals surface area contributed by atoms with Gasteiger partial charge in [0.05, 0.1) is 27.5 Å². The summed E-state index contributed by atoms with van der Waals surface area (Å²) in [4.78, 5) is 28.9. The standard InChI is InChI=1S/C18H18Cl2N6O2S2/c1-9-8-29-17(22-9)23-15(27)10(2)30-18-25-24-14(26(18)3)7-21-16(28)11-4-5-12(19)13(20)6-11/h4-6,8,10H,7H2,1-3H3,(H,21,28)(H,22,23,27)/t10-/m1/s1. The average Bonchev–Trinajstić information content (AvgIpc) is 3.27. The third-order valence-electron chi connectivity index (χ3n) is 4.01. The van der Waals surface area contributed by atoms with Crippen molar-refractivity contribution in [2.45, 2.75) is 30.8 Å². The Kier molecular flexibility index (Phi) is 7.35. The van der Waals surface area contributed by atoms with Crippen molar-refractivity contribution in [1.29, 1.82) is 0 Å². The topological polar surface area (TPSA) is 102 Å². The van der Waals surface area contributed by atoms with E-state index >= 15 is 0 Å². The molecule has 158 valence electrons. The predicted octanol–water partition coefficient (Wildman–Crippen LogP) is 3.94. The maximum Gasteiger partial charge on any atom is 0.251 e. The van der Waals surface area contributed by atoms with E-state index in [0.29, 0.717) is 31.7 Å². The molecule has 0 spiro atoms. The van der Waals surface area contributed by atoms with Gasteiger partial charge in [-0.3, -0.25) is 9.59 Å². The van der Waals surface area contributed by atoms with Crippen LogP contribution in [-0.2, 0) is 18.4 Å². The molecule has 2 heterocycles. The van der Waals surface area contributed by atoms with Gasteiger partial charge in [-0.15, -0.1) is 21.5 Å². The first kappa shape index (κ1) is 22.5. The van der Waals surface area contributed by atoms with E-state index in [1.165, 1.54) is 29.2 Å². The molecule has 1 atom stereocenters. The zero-order valence-corrected chi connectivity index (χ0v) is 19.4. The molecular formula is C18H18Cl2N6O2S2. The van der Waals surface area contributed by atoms with E-state index in [0.717, 1.165) is 5.69 Å². The van der Waals surface area contributed by atoms with Crippen molar-refractivity contribution < 1.29 is 9.59 Å². The van der Waals surface area contributed by atoms with Gasteiger partial charge in [-0.2, -0.15) is 0 Å². The van der Waals surface area contributed by atoms with Crippen molar-refractivity contribution in [2.75, 3.05) is 5.32 Å². The molecule has 0 aliphatic rings. The summed E-state index contributed by atoms with van der Waals surface area (Å²) in [6, 6.07) is 4.66. The third-order valence-corrected chi connectivity index (χ3v) is 6.76. The lowest BCUT2D eigenvalue weighted by molar-refractivity contribution is -0.115. The molecule has 12 heteroatoms. The predicted molar refractivity (Wildman–Crippen MR) is 119 cm³/mol. The molecule has 1 aromatic carbocycles. The molecule has 2 N–H and O–H groups in total. The highest BCUT2D eigenvalue weighted by molar-refractivity contribution is 8.00. The molecule has 0 aliphatic carbocycles. The maximum atomic E-state index is 12.4. The minimum absolute atomic E-state index is 0.169. The molecule has 2 amide bonds. The highest BCUT2D eigenvalue weighted by Crippen LogP contribution is 2.24. The van der Waals surface area contributed by atoms with E-state index in [1.54, 1.807) is 30.7 Å². The van der Waals surface area contributed by atoms with Gasteiger partial charge in [-0.05, 0) is 32.0 Å². The minimum Gasteiger partial charge on any atom is -0.345 e. The number of rotatable bonds is 7. The minimum atomic E-state index is -0.407. The quantitative estimate of drug-likeness (QED) is 0.492. The molecule has 3 aromatic rings. The fourth-order valence-corrected chi connectivity index (χ4v) is 4.15. The zero-order chi connectivity index (χ0) is 21.8. The number of thiazole rings is 1. The summed E-state index contributed by atoms with van der Waals surface area (Å²) in [5.41, 5.74) is 1.25. The number of nitrogens with zero attached hydrogens (tertiary/aromatic N) is 4. The van der Waals surface area contributed by atoms with E-state index in [9.17, 15) is 9.59 Å². The van der Waals surface area contributed by atoms with Gasteiger partial charge in [0.25, 0.3) is 5.91 Å². The highest BCUT2D eigenvalue weighted by Gasteiger charge is 2.20. The fraction of sp³-hybridized carbons (Fsp3) is 0.278. The molecule has 2 aromatic heterocycles. The number of halogens is 2. The Labute approximate surface area is 191 Å². The van der Waals surface area contributed by atoms with Crippen LogP contribution < -0.4 is 10.6 Å². The van der Waals surface area contributed by atoms with E-state index in [2.05, 4.69) is 25.8 Å². The molecule has 8 nitrogen and oxygen atoms in total. The Morgan fingerprint density at radius 3 is 2.70 bits per heavy atom. The van der Waals surface area contributed by atoms with E-state index in [1.807, 2.05) is 12.3 Å². The summed E-state index contributed by atoms with van der Waals surface area (Å²) in [6.45, 7) is 3.81. The molecule has 0 unspecified atom stereocenters. The number of carbonyl (C=O) groups excluding carboxylic acids is 2. The van der Waals surface area contributed by atoms with Gasteiger partial charge in [0, 0.05) is 18.0 Å². The Morgan fingerprint density at radius 2 is 2.03 bits per heavy atom. The van der Waals surface area contributed by atoms with Gasteiger partial charge >= 0.3 is 0 Å². The zero-order valence-electron chi connectivity index (χ0n) is 16.3. The molecule has 0 fully saturated rings. The number of aromatic nitrogens is 4. The first-order chi connectivity index (χ1) is 14.2. The average molecular weight is 485 g/mol. The molecule has 3 rings (SSSR count). The molecule has 0 aliphatic heterocycles. The lowest BCUT2D eigenvalue weighted by atomic mass is 10.2. The van der Waals surface area contributed by atoms with Crippen LogP contribution in [0.1, 0.15) is 28.8 Å². The number of anilines is 1. The number of amides is 2.